The van der Waals surface area contributed by atoms with Gasteiger partial charge in [-0.2, -0.15) is 11.8 Å². The minimum atomic E-state index is -0.0675. The highest BCUT2D eigenvalue weighted by Crippen LogP contribution is 2.74. The summed E-state index contributed by atoms with van der Waals surface area (Å²) in [6.45, 7) is 4.19. The van der Waals surface area contributed by atoms with Crippen LogP contribution in [0.25, 0.3) is 0 Å². The molecule has 5 aliphatic rings. The second-order valence-corrected chi connectivity index (χ2v) is 12.8. The summed E-state index contributed by atoms with van der Waals surface area (Å²) >= 11 is 3.81. The summed E-state index contributed by atoms with van der Waals surface area (Å²) in [5, 5.41) is 1.79. The predicted octanol–water partition coefficient (Wildman–Crippen LogP) is 5.03. The predicted molar refractivity (Wildman–Crippen MR) is 115 cm³/mol. The highest BCUT2D eigenvalue weighted by atomic mass is 32.2. The van der Waals surface area contributed by atoms with Gasteiger partial charge in [-0.05, 0) is 91.6 Å². The van der Waals surface area contributed by atoms with Gasteiger partial charge < -0.3 is 4.74 Å². The van der Waals surface area contributed by atoms with Gasteiger partial charge in [-0.15, -0.1) is 0 Å². The summed E-state index contributed by atoms with van der Waals surface area (Å²) in [6.07, 6.45) is 8.58. The van der Waals surface area contributed by atoms with E-state index >= 15 is 0 Å². The van der Waals surface area contributed by atoms with Crippen molar-refractivity contribution < 1.29 is 14.3 Å². The molecular formula is C23H34O3S2. The van der Waals surface area contributed by atoms with Crippen LogP contribution in [0.2, 0.25) is 0 Å². The van der Waals surface area contributed by atoms with Crippen LogP contribution in [-0.2, 0) is 14.3 Å². The molecule has 4 bridgehead atoms. The Labute approximate surface area is 177 Å². The number of carbonyl (C=O) groups is 2. The molecule has 5 fully saturated rings. The van der Waals surface area contributed by atoms with Gasteiger partial charge in [0.05, 0.1) is 6.61 Å². The molecule has 0 aromatic carbocycles. The average Bonchev–Trinajstić information content (AvgIpc) is 3.42. The van der Waals surface area contributed by atoms with Gasteiger partial charge in [-0.3, -0.25) is 9.59 Å². The molecule has 10 unspecified atom stereocenters. The molecule has 0 saturated heterocycles. The van der Waals surface area contributed by atoms with E-state index in [1.807, 2.05) is 6.92 Å². The van der Waals surface area contributed by atoms with E-state index in [-0.39, 0.29) is 5.97 Å². The summed E-state index contributed by atoms with van der Waals surface area (Å²) in [6, 6.07) is 0. The average molecular weight is 423 g/mol. The van der Waals surface area contributed by atoms with Crippen molar-refractivity contribution in [2.75, 3.05) is 12.4 Å². The standard InChI is InChI=1S/C23H34O3S2/c1-3-21(25)26-5-4-6-27-20-8-13-7-19(20)23-18-11-17(22(13)23)15-9-14(10-16(15)18)28-12(2)24/h13-20,22-23H,3-11H2,1-2H3. The normalized spacial score (nSPS) is 47.4. The summed E-state index contributed by atoms with van der Waals surface area (Å²) in [5.41, 5.74) is 0. The number of ether oxygens (including phenoxy) is 1. The lowest BCUT2D eigenvalue weighted by Gasteiger charge is -2.43. The Kier molecular flexibility index (Phi) is 5.53. The first-order valence-corrected chi connectivity index (χ1v) is 13.4. The summed E-state index contributed by atoms with van der Waals surface area (Å²) in [7, 11) is 0. The Balaban J connectivity index is 1.16. The third kappa shape index (κ3) is 3.27. The highest BCUT2D eigenvalue weighted by molar-refractivity contribution is 8.14. The van der Waals surface area contributed by atoms with Crippen LogP contribution in [0, 0.1) is 47.3 Å². The molecule has 0 aromatic heterocycles. The van der Waals surface area contributed by atoms with E-state index in [1.54, 1.807) is 18.7 Å². The van der Waals surface area contributed by atoms with Gasteiger partial charge >= 0.3 is 5.97 Å². The fourth-order valence-corrected chi connectivity index (χ4v) is 10.9. The molecule has 0 amide bonds. The quantitative estimate of drug-likeness (QED) is 0.327. The van der Waals surface area contributed by atoms with Crippen molar-refractivity contribution in [3.8, 4) is 0 Å². The zero-order valence-electron chi connectivity index (χ0n) is 17.2. The summed E-state index contributed by atoms with van der Waals surface area (Å²) < 4.78 is 5.23. The molecule has 5 saturated carbocycles. The van der Waals surface area contributed by atoms with Gasteiger partial charge in [0.1, 0.15) is 0 Å². The molecule has 5 aliphatic carbocycles. The van der Waals surface area contributed by atoms with Crippen LogP contribution in [0.5, 0.6) is 0 Å². The molecule has 0 N–H and O–H groups in total. The third-order valence-electron chi connectivity index (χ3n) is 8.83. The van der Waals surface area contributed by atoms with Gasteiger partial charge in [0.25, 0.3) is 0 Å². The van der Waals surface area contributed by atoms with Gasteiger partial charge in [-0.25, -0.2) is 0 Å². The van der Waals surface area contributed by atoms with Crippen molar-refractivity contribution >= 4 is 34.6 Å². The molecule has 0 heterocycles. The van der Waals surface area contributed by atoms with Crippen molar-refractivity contribution in [2.45, 2.75) is 69.3 Å². The van der Waals surface area contributed by atoms with E-state index in [4.69, 9.17) is 4.74 Å². The van der Waals surface area contributed by atoms with Crippen molar-refractivity contribution in [3.05, 3.63) is 0 Å². The molecule has 0 aliphatic heterocycles. The maximum absolute atomic E-state index is 11.6. The Bertz CT molecular complexity index is 637. The molecule has 28 heavy (non-hydrogen) atoms. The van der Waals surface area contributed by atoms with E-state index in [0.717, 1.165) is 64.8 Å². The minimum Gasteiger partial charge on any atom is -0.466 e. The van der Waals surface area contributed by atoms with Crippen LogP contribution in [-0.4, -0.2) is 33.9 Å². The van der Waals surface area contributed by atoms with Gasteiger partial charge in [0.2, 0.25) is 0 Å². The second kappa shape index (κ2) is 7.83. The van der Waals surface area contributed by atoms with Crippen LogP contribution in [0.15, 0.2) is 0 Å². The second-order valence-electron chi connectivity index (χ2n) is 9.98. The monoisotopic (exact) mass is 422 g/mol. The first-order chi connectivity index (χ1) is 13.6. The number of rotatable bonds is 7. The van der Waals surface area contributed by atoms with E-state index in [1.165, 1.54) is 32.1 Å². The van der Waals surface area contributed by atoms with E-state index < -0.39 is 0 Å². The Morgan fingerprint density at radius 2 is 1.68 bits per heavy atom. The Morgan fingerprint density at radius 3 is 2.39 bits per heavy atom. The lowest BCUT2D eigenvalue weighted by Crippen LogP contribution is -2.39. The number of carbonyl (C=O) groups excluding carboxylic acids is 2. The first kappa shape index (κ1) is 19.8. The largest absolute Gasteiger partial charge is 0.466 e. The molecule has 156 valence electrons. The van der Waals surface area contributed by atoms with Crippen LogP contribution in [0.1, 0.15) is 58.8 Å². The Morgan fingerprint density at radius 1 is 0.929 bits per heavy atom. The van der Waals surface area contributed by atoms with Gasteiger partial charge in [0.15, 0.2) is 5.12 Å². The van der Waals surface area contributed by atoms with E-state index in [9.17, 15) is 9.59 Å². The van der Waals surface area contributed by atoms with Crippen molar-refractivity contribution in [1.29, 1.82) is 0 Å². The first-order valence-electron chi connectivity index (χ1n) is 11.5. The Hall–Kier alpha value is -0.160. The summed E-state index contributed by atoms with van der Waals surface area (Å²) in [5.74, 6) is 8.88. The number of hydrogen-bond acceptors (Lipinski definition) is 5. The van der Waals surface area contributed by atoms with Gasteiger partial charge in [0, 0.05) is 23.8 Å². The highest BCUT2D eigenvalue weighted by Gasteiger charge is 2.68. The zero-order valence-corrected chi connectivity index (χ0v) is 18.8. The molecule has 0 spiro atoms. The minimum absolute atomic E-state index is 0.0675. The number of hydrogen-bond donors (Lipinski definition) is 0. The number of thioether (sulfide) groups is 2. The lowest BCUT2D eigenvalue weighted by molar-refractivity contribution is -0.143. The SMILES string of the molecule is CCC(=O)OCCCSC1CC2CC1C1C3CC(C4CC(SC(C)=O)CC43)C21. The molecule has 3 nitrogen and oxygen atoms in total. The molecule has 0 radical (unpaired) electrons. The third-order valence-corrected chi connectivity index (χ3v) is 11.4. The van der Waals surface area contributed by atoms with E-state index in [2.05, 4.69) is 11.8 Å². The van der Waals surface area contributed by atoms with Crippen molar-refractivity contribution in [3.63, 3.8) is 0 Å². The lowest BCUT2D eigenvalue weighted by atomic mass is 9.64. The molecule has 5 heteroatoms. The maximum Gasteiger partial charge on any atom is 0.305 e. The van der Waals surface area contributed by atoms with E-state index in [0.29, 0.717) is 23.4 Å². The molecular weight excluding hydrogens is 388 g/mol. The fourth-order valence-electron chi connectivity index (χ4n) is 8.32. The van der Waals surface area contributed by atoms with Crippen LogP contribution < -0.4 is 0 Å². The number of fused-ring (bicyclic) bond motifs is 12. The zero-order chi connectivity index (χ0) is 19.4. The smallest absolute Gasteiger partial charge is 0.305 e. The topological polar surface area (TPSA) is 43.4 Å². The van der Waals surface area contributed by atoms with Gasteiger partial charge in [-0.1, -0.05) is 18.7 Å². The molecule has 0 aromatic rings. The van der Waals surface area contributed by atoms with Crippen molar-refractivity contribution in [2.24, 2.45) is 47.3 Å². The number of esters is 1. The fraction of sp³-hybridized carbons (Fsp3) is 0.913. The molecule has 10 atom stereocenters. The molecule has 5 rings (SSSR count). The maximum atomic E-state index is 11.6. The van der Waals surface area contributed by atoms with Crippen molar-refractivity contribution in [1.82, 2.24) is 0 Å². The van der Waals surface area contributed by atoms with Crippen LogP contribution in [0.3, 0.4) is 0 Å². The van der Waals surface area contributed by atoms with Crippen LogP contribution in [0.4, 0.5) is 0 Å². The summed E-state index contributed by atoms with van der Waals surface area (Å²) in [4.78, 5) is 22.8. The van der Waals surface area contributed by atoms with Crippen LogP contribution >= 0.6 is 23.5 Å².